The number of rotatable bonds is 3. The highest BCUT2D eigenvalue weighted by molar-refractivity contribution is 6.08. The molecule has 1 heterocycles. The second kappa shape index (κ2) is 6.15. The molecule has 0 unspecified atom stereocenters. The molecule has 24 heavy (non-hydrogen) atoms. The molecule has 1 amide bonds. The Morgan fingerprint density at radius 2 is 1.88 bits per heavy atom. The van der Waals surface area contributed by atoms with Gasteiger partial charge in [0.15, 0.2) is 11.5 Å². The van der Waals surface area contributed by atoms with Gasteiger partial charge in [-0.15, -0.1) is 0 Å². The number of ether oxygens (including phenoxy) is 2. The zero-order chi connectivity index (χ0) is 17.3. The van der Waals surface area contributed by atoms with Crippen molar-refractivity contribution < 1.29 is 23.6 Å². The average molecular weight is 332 g/mol. The van der Waals surface area contributed by atoms with E-state index in [-0.39, 0.29) is 23.7 Å². The largest absolute Gasteiger partial charge is 0.486 e. The first-order valence-corrected chi connectivity index (χ1v) is 7.11. The number of carbonyl (C=O) groups is 1. The summed E-state index contributed by atoms with van der Waals surface area (Å²) >= 11 is 0. The van der Waals surface area contributed by atoms with Gasteiger partial charge < -0.3 is 14.8 Å². The van der Waals surface area contributed by atoms with E-state index >= 15 is 0 Å². The van der Waals surface area contributed by atoms with Crippen LogP contribution in [0.1, 0.15) is 15.9 Å². The quantitative estimate of drug-likeness (QED) is 0.689. The summed E-state index contributed by atoms with van der Waals surface area (Å²) in [6, 6.07) is 6.29. The van der Waals surface area contributed by atoms with E-state index in [0.717, 1.165) is 0 Å². The van der Waals surface area contributed by atoms with Crippen LogP contribution in [0.15, 0.2) is 30.3 Å². The van der Waals surface area contributed by atoms with Crippen LogP contribution in [0.25, 0.3) is 0 Å². The van der Waals surface area contributed by atoms with Crippen LogP contribution in [0, 0.1) is 22.9 Å². The molecular formula is C16H13FN2O5. The van der Waals surface area contributed by atoms with E-state index in [4.69, 9.17) is 9.47 Å². The third-order valence-electron chi connectivity index (χ3n) is 3.54. The monoisotopic (exact) mass is 332 g/mol. The van der Waals surface area contributed by atoms with Gasteiger partial charge in [-0.25, -0.2) is 4.39 Å². The van der Waals surface area contributed by atoms with Crippen molar-refractivity contribution in [3.05, 3.63) is 57.4 Å². The van der Waals surface area contributed by atoms with Crippen molar-refractivity contribution in [3.8, 4) is 11.5 Å². The molecule has 8 heteroatoms. The molecule has 124 valence electrons. The molecule has 0 bridgehead atoms. The molecule has 1 aliphatic heterocycles. The van der Waals surface area contributed by atoms with E-state index in [1.165, 1.54) is 30.3 Å². The van der Waals surface area contributed by atoms with Gasteiger partial charge in [-0.05, 0) is 30.7 Å². The lowest BCUT2D eigenvalue weighted by Crippen LogP contribution is -2.19. The number of nitrogens with one attached hydrogen (secondary N) is 1. The predicted octanol–water partition coefficient (Wildman–Crippen LogP) is 3.07. The molecule has 0 fully saturated rings. The fourth-order valence-corrected chi connectivity index (χ4v) is 2.37. The van der Waals surface area contributed by atoms with Crippen LogP contribution in [0.2, 0.25) is 0 Å². The summed E-state index contributed by atoms with van der Waals surface area (Å²) in [4.78, 5) is 23.1. The molecule has 0 aromatic heterocycles. The van der Waals surface area contributed by atoms with E-state index in [1.54, 1.807) is 6.92 Å². The van der Waals surface area contributed by atoms with Crippen LogP contribution >= 0.6 is 0 Å². The molecule has 1 N–H and O–H groups in total. The summed E-state index contributed by atoms with van der Waals surface area (Å²) in [5, 5.41) is 13.8. The molecule has 0 radical (unpaired) electrons. The first kappa shape index (κ1) is 15.7. The fraction of sp³-hybridized carbons (Fsp3) is 0.188. The zero-order valence-electron chi connectivity index (χ0n) is 12.7. The zero-order valence-corrected chi connectivity index (χ0v) is 12.7. The highest BCUT2D eigenvalue weighted by atomic mass is 19.1. The lowest BCUT2D eigenvalue weighted by atomic mass is 10.1. The highest BCUT2D eigenvalue weighted by Gasteiger charge is 2.26. The van der Waals surface area contributed by atoms with Gasteiger partial charge in [0.25, 0.3) is 11.6 Å². The summed E-state index contributed by atoms with van der Waals surface area (Å²) in [5.74, 6) is -0.625. The van der Waals surface area contributed by atoms with Crippen molar-refractivity contribution in [3.63, 3.8) is 0 Å². The summed E-state index contributed by atoms with van der Waals surface area (Å²) < 4.78 is 23.8. The van der Waals surface area contributed by atoms with Crippen LogP contribution in [0.5, 0.6) is 11.5 Å². The Bertz CT molecular complexity index is 837. The summed E-state index contributed by atoms with van der Waals surface area (Å²) in [6.45, 7) is 2.20. The molecule has 0 aliphatic carbocycles. The maximum absolute atomic E-state index is 13.1. The molecule has 0 saturated carbocycles. The maximum Gasteiger partial charge on any atom is 0.286 e. The molecule has 2 aromatic rings. The summed E-state index contributed by atoms with van der Waals surface area (Å²) in [5.41, 5.74) is 0.318. The molecule has 0 spiro atoms. The maximum atomic E-state index is 13.1. The van der Waals surface area contributed by atoms with Crippen molar-refractivity contribution in [1.82, 2.24) is 0 Å². The Kier molecular flexibility index (Phi) is 4.03. The number of anilines is 1. The fourth-order valence-electron chi connectivity index (χ4n) is 2.37. The molecule has 2 aromatic carbocycles. The molecule has 0 atom stereocenters. The highest BCUT2D eigenvalue weighted by Crippen LogP contribution is 2.37. The third-order valence-corrected chi connectivity index (χ3v) is 3.54. The molecular weight excluding hydrogens is 319 g/mol. The number of carbonyl (C=O) groups excluding carboxylic acids is 1. The number of hydrogen-bond donors (Lipinski definition) is 1. The van der Waals surface area contributed by atoms with E-state index in [9.17, 15) is 19.3 Å². The Morgan fingerprint density at radius 3 is 2.50 bits per heavy atom. The molecule has 0 saturated heterocycles. The average Bonchev–Trinajstić information content (AvgIpc) is 2.56. The van der Waals surface area contributed by atoms with Crippen molar-refractivity contribution in [2.24, 2.45) is 0 Å². The van der Waals surface area contributed by atoms with E-state index in [0.29, 0.717) is 17.9 Å². The summed E-state index contributed by atoms with van der Waals surface area (Å²) in [7, 11) is 0. The lowest BCUT2D eigenvalue weighted by Gasteiger charge is -2.19. The number of nitrogens with zero attached hydrogens (tertiary/aromatic N) is 1. The second-order valence-electron chi connectivity index (χ2n) is 5.18. The number of nitro benzene ring substituents is 1. The minimum absolute atomic E-state index is 0.159. The number of benzene rings is 2. The number of aryl methyl sites for hydroxylation is 1. The van der Waals surface area contributed by atoms with Crippen LogP contribution in [-0.2, 0) is 0 Å². The van der Waals surface area contributed by atoms with Crippen LogP contribution in [-0.4, -0.2) is 24.0 Å². The molecule has 7 nitrogen and oxygen atoms in total. The third kappa shape index (κ3) is 2.98. The second-order valence-corrected chi connectivity index (χ2v) is 5.18. The Morgan fingerprint density at radius 1 is 1.21 bits per heavy atom. The van der Waals surface area contributed by atoms with Gasteiger partial charge >= 0.3 is 0 Å². The Labute approximate surface area is 136 Å². The topological polar surface area (TPSA) is 90.7 Å². The van der Waals surface area contributed by atoms with E-state index in [2.05, 4.69) is 5.32 Å². The van der Waals surface area contributed by atoms with Crippen LogP contribution < -0.4 is 14.8 Å². The van der Waals surface area contributed by atoms with Crippen molar-refractivity contribution >= 4 is 17.3 Å². The summed E-state index contributed by atoms with van der Waals surface area (Å²) in [6.07, 6.45) is 0. The number of hydrogen-bond acceptors (Lipinski definition) is 5. The van der Waals surface area contributed by atoms with Gasteiger partial charge in [-0.2, -0.15) is 0 Å². The minimum Gasteiger partial charge on any atom is -0.486 e. The normalized spacial score (nSPS) is 12.6. The van der Waals surface area contributed by atoms with Crippen molar-refractivity contribution in [1.29, 1.82) is 0 Å². The van der Waals surface area contributed by atoms with Gasteiger partial charge in [0, 0.05) is 11.8 Å². The van der Waals surface area contributed by atoms with Gasteiger partial charge in [0.1, 0.15) is 24.6 Å². The van der Waals surface area contributed by atoms with Crippen molar-refractivity contribution in [2.75, 3.05) is 18.5 Å². The van der Waals surface area contributed by atoms with Gasteiger partial charge in [-0.1, -0.05) is 0 Å². The van der Waals surface area contributed by atoms with E-state index < -0.39 is 22.3 Å². The standard InChI is InChI=1S/C16H13FN2O5/c1-9-6-10(17)2-3-12(9)18-16(20)11-7-14-15(24-5-4-23-14)8-13(11)19(21)22/h2-3,6-8H,4-5H2,1H3,(H,18,20). The first-order valence-electron chi connectivity index (χ1n) is 7.11. The van der Waals surface area contributed by atoms with Crippen LogP contribution in [0.3, 0.4) is 0 Å². The lowest BCUT2D eigenvalue weighted by molar-refractivity contribution is -0.385. The Balaban J connectivity index is 1.97. The molecule has 1 aliphatic rings. The number of fused-ring (bicyclic) bond motifs is 1. The number of amides is 1. The predicted molar refractivity (Wildman–Crippen MR) is 83.2 cm³/mol. The number of halogens is 1. The van der Waals surface area contributed by atoms with Gasteiger partial charge in [-0.3, -0.25) is 14.9 Å². The smallest absolute Gasteiger partial charge is 0.286 e. The number of nitro groups is 1. The Hall–Kier alpha value is -3.16. The minimum atomic E-state index is -0.687. The van der Waals surface area contributed by atoms with Gasteiger partial charge in [0.05, 0.1) is 11.0 Å². The van der Waals surface area contributed by atoms with Crippen LogP contribution in [0.4, 0.5) is 15.8 Å². The molecule has 3 rings (SSSR count). The van der Waals surface area contributed by atoms with Gasteiger partial charge in [0.2, 0.25) is 0 Å². The van der Waals surface area contributed by atoms with E-state index in [1.807, 2.05) is 0 Å². The van der Waals surface area contributed by atoms with Crippen molar-refractivity contribution in [2.45, 2.75) is 6.92 Å². The first-order chi connectivity index (χ1) is 11.5. The SMILES string of the molecule is Cc1cc(F)ccc1NC(=O)c1cc2c(cc1[N+](=O)[O-])OCCO2.